The third-order valence-electron chi connectivity index (χ3n) is 5.89. The van der Waals surface area contributed by atoms with Gasteiger partial charge in [0.2, 0.25) is 0 Å². The van der Waals surface area contributed by atoms with Crippen LogP contribution in [0.5, 0.6) is 0 Å². The molecule has 1 spiro atoms. The Balaban J connectivity index is 1.68. The standard InChI is InChI=1S/C18H26N2O2/c1-3-6-18(22)8-7-17(18)9-12-20(13-10-17)16(21)15-14(2)5-4-11-19-15/h4-5,11,22H,3,6-10,12-13H2,1-2H3. The van der Waals surface area contributed by atoms with Gasteiger partial charge in [0.1, 0.15) is 5.69 Å². The van der Waals surface area contributed by atoms with Crippen molar-refractivity contribution in [1.82, 2.24) is 9.88 Å². The number of aliphatic hydroxyl groups is 1. The lowest BCUT2D eigenvalue weighted by Gasteiger charge is -2.59. The molecular formula is C18H26N2O2. The van der Waals surface area contributed by atoms with Crippen LogP contribution in [0.3, 0.4) is 0 Å². The Bertz CT molecular complexity index is 564. The van der Waals surface area contributed by atoms with E-state index in [9.17, 15) is 9.90 Å². The first kappa shape index (κ1) is 15.5. The van der Waals surface area contributed by atoms with Gasteiger partial charge in [-0.3, -0.25) is 9.78 Å². The summed E-state index contributed by atoms with van der Waals surface area (Å²) in [6.45, 7) is 5.53. The van der Waals surface area contributed by atoms with Gasteiger partial charge in [-0.2, -0.15) is 0 Å². The summed E-state index contributed by atoms with van der Waals surface area (Å²) in [5.41, 5.74) is 1.06. The molecule has 1 aliphatic heterocycles. The van der Waals surface area contributed by atoms with E-state index in [2.05, 4.69) is 11.9 Å². The molecule has 2 fully saturated rings. The van der Waals surface area contributed by atoms with Crippen LogP contribution in [0.1, 0.15) is 61.5 Å². The molecule has 0 aromatic carbocycles. The van der Waals surface area contributed by atoms with Crippen molar-refractivity contribution in [3.8, 4) is 0 Å². The summed E-state index contributed by atoms with van der Waals surface area (Å²) >= 11 is 0. The number of amides is 1. The van der Waals surface area contributed by atoms with Crippen LogP contribution in [-0.4, -0.2) is 39.6 Å². The summed E-state index contributed by atoms with van der Waals surface area (Å²) in [6.07, 6.45) is 7.45. The number of aromatic nitrogens is 1. The van der Waals surface area contributed by atoms with E-state index in [0.29, 0.717) is 5.69 Å². The molecule has 120 valence electrons. The van der Waals surface area contributed by atoms with E-state index < -0.39 is 5.60 Å². The van der Waals surface area contributed by atoms with Crippen molar-refractivity contribution in [1.29, 1.82) is 0 Å². The molecule has 1 aromatic heterocycles. The fraction of sp³-hybridized carbons (Fsp3) is 0.667. The van der Waals surface area contributed by atoms with E-state index in [4.69, 9.17) is 0 Å². The number of nitrogens with zero attached hydrogens (tertiary/aromatic N) is 2. The van der Waals surface area contributed by atoms with Gasteiger partial charge in [0.05, 0.1) is 5.60 Å². The van der Waals surface area contributed by atoms with Gasteiger partial charge in [-0.1, -0.05) is 19.4 Å². The van der Waals surface area contributed by atoms with E-state index in [-0.39, 0.29) is 11.3 Å². The maximum absolute atomic E-state index is 12.6. The summed E-state index contributed by atoms with van der Waals surface area (Å²) in [7, 11) is 0. The molecule has 1 aliphatic carbocycles. The molecule has 1 saturated carbocycles. The van der Waals surface area contributed by atoms with Crippen LogP contribution in [0, 0.1) is 12.3 Å². The molecule has 1 N–H and O–H groups in total. The first-order chi connectivity index (χ1) is 10.5. The summed E-state index contributed by atoms with van der Waals surface area (Å²) in [6, 6.07) is 3.79. The average molecular weight is 302 g/mol. The van der Waals surface area contributed by atoms with Crippen LogP contribution in [-0.2, 0) is 0 Å². The smallest absolute Gasteiger partial charge is 0.272 e. The molecule has 2 aliphatic rings. The summed E-state index contributed by atoms with van der Waals surface area (Å²) in [5, 5.41) is 10.9. The highest BCUT2D eigenvalue weighted by atomic mass is 16.3. The fourth-order valence-corrected chi connectivity index (χ4v) is 4.28. The lowest BCUT2D eigenvalue weighted by atomic mass is 9.51. The minimum atomic E-state index is -0.488. The van der Waals surface area contributed by atoms with Gasteiger partial charge < -0.3 is 10.0 Å². The molecule has 22 heavy (non-hydrogen) atoms. The monoisotopic (exact) mass is 302 g/mol. The zero-order chi connectivity index (χ0) is 15.8. The largest absolute Gasteiger partial charge is 0.389 e. The van der Waals surface area contributed by atoms with Crippen molar-refractivity contribution in [2.75, 3.05) is 13.1 Å². The minimum absolute atomic E-state index is 0.0336. The Morgan fingerprint density at radius 3 is 2.59 bits per heavy atom. The number of pyridine rings is 1. The van der Waals surface area contributed by atoms with Gasteiger partial charge >= 0.3 is 0 Å². The van der Waals surface area contributed by atoms with Gasteiger partial charge in [-0.15, -0.1) is 0 Å². The Kier molecular flexibility index (Phi) is 3.98. The van der Waals surface area contributed by atoms with Crippen molar-refractivity contribution >= 4 is 5.91 Å². The summed E-state index contributed by atoms with van der Waals surface area (Å²) in [5.74, 6) is 0.0336. The van der Waals surface area contributed by atoms with Crippen LogP contribution in [0.4, 0.5) is 0 Å². The second kappa shape index (κ2) is 5.65. The van der Waals surface area contributed by atoms with E-state index >= 15 is 0 Å². The number of hydrogen-bond donors (Lipinski definition) is 1. The number of likely N-dealkylation sites (tertiary alicyclic amines) is 1. The van der Waals surface area contributed by atoms with Gasteiger partial charge in [0.15, 0.2) is 0 Å². The molecule has 0 bridgehead atoms. The fourth-order valence-electron chi connectivity index (χ4n) is 4.28. The van der Waals surface area contributed by atoms with Crippen LogP contribution in [0.2, 0.25) is 0 Å². The third kappa shape index (κ3) is 2.34. The highest BCUT2D eigenvalue weighted by Crippen LogP contribution is 2.58. The van der Waals surface area contributed by atoms with E-state index in [1.165, 1.54) is 0 Å². The maximum atomic E-state index is 12.6. The predicted octanol–water partition coefficient (Wildman–Crippen LogP) is 2.94. The summed E-state index contributed by atoms with van der Waals surface area (Å²) < 4.78 is 0. The minimum Gasteiger partial charge on any atom is -0.389 e. The SMILES string of the molecule is CCCC1(O)CCC12CCN(C(=O)c1ncccc1C)CC2. The molecule has 4 nitrogen and oxygen atoms in total. The van der Waals surface area contributed by atoms with Gasteiger partial charge in [-0.25, -0.2) is 0 Å². The average Bonchev–Trinajstić information content (AvgIpc) is 2.54. The first-order valence-corrected chi connectivity index (χ1v) is 8.45. The Morgan fingerprint density at radius 1 is 1.32 bits per heavy atom. The predicted molar refractivity (Wildman–Crippen MR) is 85.6 cm³/mol. The second-order valence-corrected chi connectivity index (χ2v) is 7.02. The number of piperidine rings is 1. The molecular weight excluding hydrogens is 276 g/mol. The molecule has 1 aromatic rings. The van der Waals surface area contributed by atoms with Crippen molar-refractivity contribution in [2.45, 2.75) is 58.0 Å². The topological polar surface area (TPSA) is 53.4 Å². The van der Waals surface area contributed by atoms with E-state index in [0.717, 1.165) is 57.2 Å². The Hall–Kier alpha value is -1.42. The van der Waals surface area contributed by atoms with Crippen LogP contribution < -0.4 is 0 Å². The molecule has 3 rings (SSSR count). The van der Waals surface area contributed by atoms with Crippen LogP contribution >= 0.6 is 0 Å². The first-order valence-electron chi connectivity index (χ1n) is 8.45. The van der Waals surface area contributed by atoms with E-state index in [1.807, 2.05) is 24.0 Å². The second-order valence-electron chi connectivity index (χ2n) is 7.02. The Labute approximate surface area is 132 Å². The highest BCUT2D eigenvalue weighted by molar-refractivity contribution is 5.93. The lowest BCUT2D eigenvalue weighted by molar-refractivity contribution is -0.191. The number of aryl methyl sites for hydroxylation is 1. The van der Waals surface area contributed by atoms with Crippen LogP contribution in [0.15, 0.2) is 18.3 Å². The van der Waals surface area contributed by atoms with Crippen molar-refractivity contribution < 1.29 is 9.90 Å². The summed E-state index contributed by atoms with van der Waals surface area (Å²) in [4.78, 5) is 18.8. The molecule has 1 saturated heterocycles. The van der Waals surface area contributed by atoms with Crippen molar-refractivity contribution in [3.63, 3.8) is 0 Å². The third-order valence-corrected chi connectivity index (χ3v) is 5.89. The van der Waals surface area contributed by atoms with Crippen molar-refractivity contribution in [3.05, 3.63) is 29.6 Å². The number of rotatable bonds is 3. The number of carbonyl (C=O) groups is 1. The van der Waals surface area contributed by atoms with Crippen LogP contribution in [0.25, 0.3) is 0 Å². The maximum Gasteiger partial charge on any atom is 0.272 e. The Morgan fingerprint density at radius 2 is 2.05 bits per heavy atom. The van der Waals surface area contributed by atoms with Gasteiger partial charge in [0.25, 0.3) is 5.91 Å². The quantitative estimate of drug-likeness (QED) is 0.934. The molecule has 1 unspecified atom stereocenters. The van der Waals surface area contributed by atoms with Gasteiger partial charge in [0, 0.05) is 24.7 Å². The zero-order valence-corrected chi connectivity index (χ0v) is 13.6. The molecule has 4 heteroatoms. The zero-order valence-electron chi connectivity index (χ0n) is 13.6. The highest BCUT2D eigenvalue weighted by Gasteiger charge is 2.58. The molecule has 0 radical (unpaired) electrons. The normalized spacial score (nSPS) is 26.8. The van der Waals surface area contributed by atoms with Gasteiger partial charge in [-0.05, 0) is 50.7 Å². The lowest BCUT2D eigenvalue weighted by Crippen LogP contribution is -2.61. The molecule has 1 atom stereocenters. The van der Waals surface area contributed by atoms with Crippen molar-refractivity contribution in [2.24, 2.45) is 5.41 Å². The number of carbonyl (C=O) groups excluding carboxylic acids is 1. The molecule has 1 amide bonds. The molecule has 2 heterocycles. The number of hydrogen-bond acceptors (Lipinski definition) is 3. The van der Waals surface area contributed by atoms with E-state index in [1.54, 1.807) is 6.20 Å².